The van der Waals surface area contributed by atoms with Gasteiger partial charge in [-0.25, -0.2) is 0 Å². The summed E-state index contributed by atoms with van der Waals surface area (Å²) >= 11 is 1.71. The summed E-state index contributed by atoms with van der Waals surface area (Å²) in [6.45, 7) is 0.705. The van der Waals surface area contributed by atoms with Crippen molar-refractivity contribution in [1.82, 2.24) is 9.80 Å². The number of rotatable bonds is 5. The molecule has 0 saturated carbocycles. The zero-order valence-corrected chi connectivity index (χ0v) is 25.4. The minimum absolute atomic E-state index is 0.110. The van der Waals surface area contributed by atoms with Crippen LogP contribution >= 0.6 is 11.8 Å². The number of anilines is 1. The van der Waals surface area contributed by atoms with Crippen molar-refractivity contribution in [3.05, 3.63) is 99.1 Å². The van der Waals surface area contributed by atoms with Crippen LogP contribution in [-0.4, -0.2) is 78.4 Å². The van der Waals surface area contributed by atoms with Gasteiger partial charge in [0.05, 0.1) is 24.6 Å². The quantitative estimate of drug-likeness (QED) is 0.252. The number of ether oxygens (including phenoxy) is 2. The van der Waals surface area contributed by atoms with Crippen molar-refractivity contribution in [3.8, 4) is 11.5 Å². The number of nitro benzene ring substituents is 1. The number of hydrogen-bond acceptors (Lipinski definition) is 9. The number of carbonyl (C=O) groups is 2. The van der Waals surface area contributed by atoms with Crippen LogP contribution in [0, 0.1) is 15.5 Å². The second kappa shape index (κ2) is 10.5. The molecular weight excluding hydrogens is 580 g/mol. The van der Waals surface area contributed by atoms with Gasteiger partial charge in [0.2, 0.25) is 0 Å². The number of amides is 1. The van der Waals surface area contributed by atoms with E-state index in [0.29, 0.717) is 53.0 Å². The maximum Gasteiger partial charge on any atom is 0.269 e. The number of carbonyl (C=O) groups excluding carboxylic acids is 2. The maximum absolute atomic E-state index is 15.4. The van der Waals surface area contributed by atoms with Crippen LogP contribution in [-0.2, 0) is 15.1 Å². The van der Waals surface area contributed by atoms with Gasteiger partial charge in [0, 0.05) is 65.6 Å². The maximum atomic E-state index is 15.4. The summed E-state index contributed by atoms with van der Waals surface area (Å²) in [5.41, 5.74) is 0.496. The van der Waals surface area contributed by atoms with Gasteiger partial charge in [-0.15, -0.1) is 11.8 Å². The molecule has 4 aliphatic heterocycles. The summed E-state index contributed by atoms with van der Waals surface area (Å²) in [5, 5.41) is 15.1. The predicted molar refractivity (Wildman–Crippen MR) is 168 cm³/mol. The molecule has 4 atom stereocenters. The second-order valence-corrected chi connectivity index (χ2v) is 12.9. The van der Waals surface area contributed by atoms with Crippen LogP contribution in [0.4, 0.5) is 11.4 Å². The SMILES string of the molecule is COc1ccc(/C=C2\CN(C)C[C@@]3(C2=O)[C@H](c2ccc(OC)cc2)[C@@H]2CSCN2[C@@]32C(=O)Nc3ccc([N+](=O)[O-])cc32)cc1. The number of piperidine rings is 1. The van der Waals surface area contributed by atoms with Crippen LogP contribution in [0.25, 0.3) is 6.08 Å². The van der Waals surface area contributed by atoms with E-state index in [1.54, 1.807) is 32.0 Å². The minimum Gasteiger partial charge on any atom is -0.497 e. The average Bonchev–Trinajstić information content (AvgIpc) is 3.67. The monoisotopic (exact) mass is 612 g/mol. The van der Waals surface area contributed by atoms with Crippen LogP contribution in [0.5, 0.6) is 11.5 Å². The summed E-state index contributed by atoms with van der Waals surface area (Å²) in [6.07, 6.45) is 1.90. The number of likely N-dealkylation sites (tertiary alicyclic amines) is 1. The van der Waals surface area contributed by atoms with Crippen molar-refractivity contribution in [3.63, 3.8) is 0 Å². The lowest BCUT2D eigenvalue weighted by atomic mass is 9.55. The predicted octanol–water partition coefficient (Wildman–Crippen LogP) is 4.52. The normalized spacial score (nSPS) is 28.8. The third-order valence-electron chi connectivity index (χ3n) is 9.68. The number of nitro groups is 1. The van der Waals surface area contributed by atoms with Gasteiger partial charge < -0.3 is 19.7 Å². The lowest BCUT2D eigenvalue weighted by Gasteiger charge is -2.51. The summed E-state index contributed by atoms with van der Waals surface area (Å²) in [4.78, 5) is 45.9. The second-order valence-electron chi connectivity index (χ2n) is 11.9. The van der Waals surface area contributed by atoms with Crippen LogP contribution in [0.15, 0.2) is 72.3 Å². The van der Waals surface area contributed by atoms with Gasteiger partial charge in [0.15, 0.2) is 5.78 Å². The molecule has 4 aliphatic rings. The number of thioether (sulfide) groups is 1. The van der Waals surface area contributed by atoms with E-state index in [0.717, 1.165) is 11.1 Å². The molecule has 11 heteroatoms. The average molecular weight is 613 g/mol. The Balaban J connectivity index is 1.51. The molecule has 3 saturated heterocycles. The number of Topliss-reactive ketones (excluding diaryl/α,β-unsaturated/α-hetero) is 1. The van der Waals surface area contributed by atoms with E-state index >= 15 is 4.79 Å². The minimum atomic E-state index is -1.46. The third-order valence-corrected chi connectivity index (χ3v) is 10.7. The number of non-ortho nitro benzene ring substituents is 1. The Morgan fingerprint density at radius 2 is 1.70 bits per heavy atom. The fourth-order valence-electron chi connectivity index (χ4n) is 8.06. The summed E-state index contributed by atoms with van der Waals surface area (Å²) in [6, 6.07) is 19.6. The first-order valence-electron chi connectivity index (χ1n) is 14.4. The summed E-state index contributed by atoms with van der Waals surface area (Å²) in [5.74, 6) is 1.83. The highest BCUT2D eigenvalue weighted by Gasteiger charge is 2.78. The standard InChI is InChI=1S/C33H32N4O6S/c1-35-16-22(14-20-4-9-24(42-2)10-5-20)30(38)32(18-35)29(21-6-11-25(43-3)12-7-21)28-17-44-19-36(28)33(32)26-15-23(37(40)41)8-13-27(26)34-31(33)39/h4-15,28-29H,16-19H2,1-3H3,(H,34,39)/b22-14+/t28-,29+,32-,33-/m0/s1. The molecule has 44 heavy (non-hydrogen) atoms. The molecule has 3 aromatic carbocycles. The fraction of sp³-hybridized carbons (Fsp3) is 0.333. The Bertz CT molecular complexity index is 1710. The van der Waals surface area contributed by atoms with Crippen molar-refractivity contribution in [2.24, 2.45) is 5.41 Å². The van der Waals surface area contributed by atoms with Crippen molar-refractivity contribution in [2.75, 3.05) is 51.3 Å². The number of benzene rings is 3. The molecule has 3 aromatic rings. The first-order chi connectivity index (χ1) is 21.2. The smallest absolute Gasteiger partial charge is 0.269 e. The highest BCUT2D eigenvalue weighted by molar-refractivity contribution is 7.99. The van der Waals surface area contributed by atoms with Gasteiger partial charge in [-0.3, -0.25) is 24.6 Å². The fourth-order valence-corrected chi connectivity index (χ4v) is 9.36. The molecule has 4 heterocycles. The van der Waals surface area contributed by atoms with Crippen molar-refractivity contribution >= 4 is 40.9 Å². The van der Waals surface area contributed by atoms with Gasteiger partial charge in [-0.1, -0.05) is 24.3 Å². The molecular formula is C33H32N4O6S. The molecule has 0 radical (unpaired) electrons. The Morgan fingerprint density at radius 1 is 1.02 bits per heavy atom. The molecule has 7 rings (SSSR count). The highest BCUT2D eigenvalue weighted by Crippen LogP contribution is 2.68. The largest absolute Gasteiger partial charge is 0.497 e. The lowest BCUT2D eigenvalue weighted by molar-refractivity contribution is -0.385. The zero-order chi connectivity index (χ0) is 30.8. The van der Waals surface area contributed by atoms with Gasteiger partial charge in [-0.05, 0) is 54.6 Å². The van der Waals surface area contributed by atoms with E-state index in [4.69, 9.17) is 9.47 Å². The van der Waals surface area contributed by atoms with Gasteiger partial charge in [0.25, 0.3) is 11.6 Å². The lowest BCUT2D eigenvalue weighted by Crippen LogP contribution is -2.65. The molecule has 0 aromatic heterocycles. The van der Waals surface area contributed by atoms with E-state index in [9.17, 15) is 14.9 Å². The topological polar surface area (TPSA) is 114 Å². The number of hydrogen-bond donors (Lipinski definition) is 1. The van der Waals surface area contributed by atoms with E-state index in [1.807, 2.05) is 61.7 Å². The molecule has 1 N–H and O–H groups in total. The Morgan fingerprint density at radius 3 is 2.36 bits per heavy atom. The highest BCUT2D eigenvalue weighted by atomic mass is 32.2. The Hall–Kier alpha value is -4.19. The van der Waals surface area contributed by atoms with Gasteiger partial charge in [0.1, 0.15) is 17.0 Å². The van der Waals surface area contributed by atoms with E-state index < -0.39 is 15.9 Å². The van der Waals surface area contributed by atoms with Crippen molar-refractivity contribution in [1.29, 1.82) is 0 Å². The number of ketones is 1. The number of nitrogens with zero attached hydrogens (tertiary/aromatic N) is 3. The number of likely N-dealkylation sites (N-methyl/N-ethyl adjacent to an activating group) is 1. The summed E-state index contributed by atoms with van der Waals surface area (Å²) < 4.78 is 10.8. The van der Waals surface area contributed by atoms with Gasteiger partial charge in [-0.2, -0.15) is 0 Å². The van der Waals surface area contributed by atoms with Crippen LogP contribution in [0.3, 0.4) is 0 Å². The Kier molecular flexibility index (Phi) is 6.80. The van der Waals surface area contributed by atoms with E-state index in [1.165, 1.54) is 12.1 Å². The molecule has 0 aliphatic carbocycles. The first kappa shape index (κ1) is 28.6. The zero-order valence-electron chi connectivity index (χ0n) is 24.6. The van der Waals surface area contributed by atoms with Gasteiger partial charge >= 0.3 is 0 Å². The van der Waals surface area contributed by atoms with Crippen molar-refractivity contribution < 1.29 is 24.0 Å². The van der Waals surface area contributed by atoms with Crippen LogP contribution in [0.2, 0.25) is 0 Å². The van der Waals surface area contributed by atoms with Crippen LogP contribution in [0.1, 0.15) is 22.6 Å². The number of nitrogens with one attached hydrogen (secondary N) is 1. The van der Waals surface area contributed by atoms with Crippen LogP contribution < -0.4 is 14.8 Å². The van der Waals surface area contributed by atoms with E-state index in [-0.39, 0.29) is 29.3 Å². The molecule has 10 nitrogen and oxygen atoms in total. The number of methoxy groups -OCH3 is 2. The molecule has 226 valence electrons. The van der Waals surface area contributed by atoms with E-state index in [2.05, 4.69) is 15.1 Å². The van der Waals surface area contributed by atoms with Crippen molar-refractivity contribution in [2.45, 2.75) is 17.5 Å². The first-order valence-corrected chi connectivity index (χ1v) is 15.6. The third kappa shape index (κ3) is 3.89. The molecule has 0 bridgehead atoms. The molecule has 1 amide bonds. The number of fused-ring (bicyclic) bond motifs is 5. The molecule has 3 fully saturated rings. The molecule has 2 spiro atoms. The Labute approximate surface area is 259 Å². The summed E-state index contributed by atoms with van der Waals surface area (Å²) in [7, 11) is 5.18. The molecule has 0 unspecified atom stereocenters.